The first-order valence-corrected chi connectivity index (χ1v) is 9.41. The number of aliphatic imine (C=N–C) groups is 1. The predicted octanol–water partition coefficient (Wildman–Crippen LogP) is 3.82. The highest BCUT2D eigenvalue weighted by atomic mass is 127. The van der Waals surface area contributed by atoms with Gasteiger partial charge in [-0.1, -0.05) is 18.2 Å². The number of hydrogen-bond donors (Lipinski definition) is 2. The molecule has 0 amide bonds. The first-order chi connectivity index (χ1) is 13.8. The van der Waals surface area contributed by atoms with E-state index in [1.54, 1.807) is 19.6 Å². The van der Waals surface area contributed by atoms with E-state index in [4.69, 9.17) is 9.15 Å². The maximum Gasteiger partial charge on any atom is 0.191 e. The number of ether oxygens (including phenoxy) is 1. The molecule has 0 aliphatic carbocycles. The van der Waals surface area contributed by atoms with Crippen LogP contribution in [0.3, 0.4) is 0 Å². The van der Waals surface area contributed by atoms with Gasteiger partial charge in [0.25, 0.3) is 0 Å². The van der Waals surface area contributed by atoms with Gasteiger partial charge in [-0.05, 0) is 48.4 Å². The molecule has 0 saturated carbocycles. The number of rotatable bonds is 9. The van der Waals surface area contributed by atoms with Gasteiger partial charge in [0.1, 0.15) is 11.5 Å². The number of guanidine groups is 1. The zero-order valence-corrected chi connectivity index (χ0v) is 18.8. The summed E-state index contributed by atoms with van der Waals surface area (Å²) in [7, 11) is 1.68. The molecule has 0 aliphatic heterocycles. The molecule has 0 unspecified atom stereocenters. The smallest absolute Gasteiger partial charge is 0.191 e. The molecular formula is C22H27IN4O2. The Hall–Kier alpha value is -2.55. The van der Waals surface area contributed by atoms with Crippen LogP contribution in [-0.2, 0) is 19.4 Å². The van der Waals surface area contributed by atoms with Crippen LogP contribution in [0.15, 0.2) is 76.5 Å². The molecule has 0 radical (unpaired) electrons. The van der Waals surface area contributed by atoms with Crippen molar-refractivity contribution < 1.29 is 9.15 Å². The Balaban J connectivity index is 0.00000300. The molecule has 3 aromatic rings. The lowest BCUT2D eigenvalue weighted by atomic mass is 10.1. The molecule has 6 nitrogen and oxygen atoms in total. The Morgan fingerprint density at radius 3 is 2.45 bits per heavy atom. The van der Waals surface area contributed by atoms with Crippen LogP contribution in [0, 0.1) is 0 Å². The highest BCUT2D eigenvalue weighted by Gasteiger charge is 2.02. The summed E-state index contributed by atoms with van der Waals surface area (Å²) in [5.74, 6) is 2.59. The molecule has 2 aromatic heterocycles. The Kier molecular flexibility index (Phi) is 10.1. The van der Waals surface area contributed by atoms with Gasteiger partial charge in [0.2, 0.25) is 0 Å². The molecule has 0 spiro atoms. The van der Waals surface area contributed by atoms with Crippen molar-refractivity contribution in [2.24, 2.45) is 4.99 Å². The van der Waals surface area contributed by atoms with Crippen molar-refractivity contribution in [3.63, 3.8) is 0 Å². The monoisotopic (exact) mass is 506 g/mol. The first-order valence-electron chi connectivity index (χ1n) is 9.41. The summed E-state index contributed by atoms with van der Waals surface area (Å²) >= 11 is 0. The minimum atomic E-state index is 0. The summed E-state index contributed by atoms with van der Waals surface area (Å²) in [5.41, 5.74) is 2.18. The van der Waals surface area contributed by atoms with Gasteiger partial charge in [-0.3, -0.25) is 4.98 Å². The SMILES string of the molecule is COc1ccc(CCNC(=NCc2ccccn2)NCCc2ccco2)cc1.I. The third-order valence-corrected chi connectivity index (χ3v) is 4.23. The Labute approximate surface area is 188 Å². The van der Waals surface area contributed by atoms with Crippen LogP contribution in [0.5, 0.6) is 5.75 Å². The van der Waals surface area contributed by atoms with E-state index >= 15 is 0 Å². The molecule has 2 heterocycles. The lowest BCUT2D eigenvalue weighted by Crippen LogP contribution is -2.39. The third-order valence-electron chi connectivity index (χ3n) is 4.23. The summed E-state index contributed by atoms with van der Waals surface area (Å²) in [5, 5.41) is 6.76. The van der Waals surface area contributed by atoms with Crippen LogP contribution in [0.4, 0.5) is 0 Å². The number of nitrogens with one attached hydrogen (secondary N) is 2. The molecule has 2 N–H and O–H groups in total. The van der Waals surface area contributed by atoms with E-state index in [0.29, 0.717) is 6.54 Å². The topological polar surface area (TPSA) is 71.7 Å². The number of hydrogen-bond acceptors (Lipinski definition) is 4. The van der Waals surface area contributed by atoms with Crippen LogP contribution < -0.4 is 15.4 Å². The standard InChI is InChI=1S/C22H26N4O2.HI/c1-27-20-9-7-18(8-10-20)11-14-24-22(25-15-12-21-6-4-16-28-21)26-17-19-5-2-3-13-23-19;/h2-10,13,16H,11-12,14-15,17H2,1H3,(H2,24,25,26);1H. The quantitative estimate of drug-likeness (QED) is 0.262. The van der Waals surface area contributed by atoms with Crippen molar-refractivity contribution in [2.75, 3.05) is 20.2 Å². The Bertz CT molecular complexity index is 837. The second-order valence-electron chi connectivity index (χ2n) is 6.27. The zero-order chi connectivity index (χ0) is 19.4. The summed E-state index contributed by atoms with van der Waals surface area (Å²) in [6.45, 7) is 2.05. The van der Waals surface area contributed by atoms with Gasteiger partial charge in [0.15, 0.2) is 5.96 Å². The Morgan fingerprint density at radius 2 is 1.79 bits per heavy atom. The summed E-state index contributed by atoms with van der Waals surface area (Å²) in [4.78, 5) is 8.98. The second kappa shape index (κ2) is 12.8. The molecule has 7 heteroatoms. The third kappa shape index (κ3) is 8.15. The number of halogens is 1. The van der Waals surface area contributed by atoms with Gasteiger partial charge < -0.3 is 19.8 Å². The van der Waals surface area contributed by atoms with Crippen molar-refractivity contribution in [1.82, 2.24) is 15.6 Å². The molecular weight excluding hydrogens is 479 g/mol. The summed E-state index contributed by atoms with van der Waals surface area (Å²) < 4.78 is 10.6. The van der Waals surface area contributed by atoms with E-state index in [2.05, 4.69) is 32.7 Å². The Morgan fingerprint density at radius 1 is 1.00 bits per heavy atom. The first kappa shape index (κ1) is 22.7. The highest BCUT2D eigenvalue weighted by Crippen LogP contribution is 2.11. The fourth-order valence-corrected chi connectivity index (χ4v) is 2.70. The van der Waals surface area contributed by atoms with E-state index in [0.717, 1.165) is 49.1 Å². The van der Waals surface area contributed by atoms with Crippen molar-refractivity contribution in [3.05, 3.63) is 84.1 Å². The maximum absolute atomic E-state index is 5.38. The van der Waals surface area contributed by atoms with Crippen LogP contribution >= 0.6 is 24.0 Å². The van der Waals surface area contributed by atoms with Gasteiger partial charge in [-0.25, -0.2) is 4.99 Å². The molecule has 29 heavy (non-hydrogen) atoms. The molecule has 0 atom stereocenters. The molecule has 154 valence electrons. The minimum absolute atomic E-state index is 0. The van der Waals surface area contributed by atoms with Crippen molar-refractivity contribution in [1.29, 1.82) is 0 Å². The maximum atomic E-state index is 5.38. The summed E-state index contributed by atoms with van der Waals surface area (Å²) in [6, 6.07) is 17.8. The highest BCUT2D eigenvalue weighted by molar-refractivity contribution is 14.0. The molecule has 0 aliphatic rings. The van der Waals surface area contributed by atoms with Crippen LogP contribution in [0.25, 0.3) is 0 Å². The van der Waals surface area contributed by atoms with Gasteiger partial charge in [-0.2, -0.15) is 0 Å². The number of benzene rings is 1. The van der Waals surface area contributed by atoms with Crippen LogP contribution in [0.2, 0.25) is 0 Å². The average Bonchev–Trinajstić information content (AvgIpc) is 3.26. The number of methoxy groups -OCH3 is 1. The lowest BCUT2D eigenvalue weighted by Gasteiger charge is -2.12. The van der Waals surface area contributed by atoms with E-state index < -0.39 is 0 Å². The van der Waals surface area contributed by atoms with Gasteiger partial charge in [-0.15, -0.1) is 24.0 Å². The van der Waals surface area contributed by atoms with Gasteiger partial charge >= 0.3 is 0 Å². The number of nitrogens with zero attached hydrogens (tertiary/aromatic N) is 2. The largest absolute Gasteiger partial charge is 0.497 e. The van der Waals surface area contributed by atoms with E-state index in [9.17, 15) is 0 Å². The van der Waals surface area contributed by atoms with E-state index in [1.165, 1.54) is 5.56 Å². The molecule has 1 aromatic carbocycles. The average molecular weight is 506 g/mol. The number of pyridine rings is 1. The fourth-order valence-electron chi connectivity index (χ4n) is 2.70. The summed E-state index contributed by atoms with van der Waals surface area (Å²) in [6.07, 6.45) is 5.17. The van der Waals surface area contributed by atoms with Crippen molar-refractivity contribution in [3.8, 4) is 5.75 Å². The molecule has 0 saturated heterocycles. The predicted molar refractivity (Wildman–Crippen MR) is 126 cm³/mol. The van der Waals surface area contributed by atoms with E-state index in [1.807, 2.05) is 42.5 Å². The fraction of sp³-hybridized carbons (Fsp3) is 0.273. The number of furan rings is 1. The normalized spacial score (nSPS) is 10.9. The number of aromatic nitrogens is 1. The second-order valence-corrected chi connectivity index (χ2v) is 6.27. The van der Waals surface area contributed by atoms with Gasteiger partial charge in [0, 0.05) is 25.7 Å². The van der Waals surface area contributed by atoms with E-state index in [-0.39, 0.29) is 24.0 Å². The van der Waals surface area contributed by atoms with Crippen molar-refractivity contribution in [2.45, 2.75) is 19.4 Å². The van der Waals surface area contributed by atoms with Crippen LogP contribution in [-0.4, -0.2) is 31.1 Å². The van der Waals surface area contributed by atoms with Crippen molar-refractivity contribution >= 4 is 29.9 Å². The zero-order valence-electron chi connectivity index (χ0n) is 16.5. The molecule has 0 bridgehead atoms. The van der Waals surface area contributed by atoms with Gasteiger partial charge in [0.05, 0.1) is 25.6 Å². The molecule has 0 fully saturated rings. The molecule has 3 rings (SSSR count). The lowest BCUT2D eigenvalue weighted by molar-refractivity contribution is 0.414. The van der Waals surface area contributed by atoms with Crippen LogP contribution in [0.1, 0.15) is 17.0 Å². The minimum Gasteiger partial charge on any atom is -0.497 e.